The lowest BCUT2D eigenvalue weighted by molar-refractivity contribution is -0.359. The van der Waals surface area contributed by atoms with Gasteiger partial charge in [-0.1, -0.05) is 200 Å². The van der Waals surface area contributed by atoms with Gasteiger partial charge < -0.3 is 65.1 Å². The molecule has 14 heteroatoms. The van der Waals surface area contributed by atoms with E-state index in [1.54, 1.807) is 6.08 Å². The molecule has 0 bridgehead atoms. The summed E-state index contributed by atoms with van der Waals surface area (Å²) in [5, 5.41) is 86.8. The van der Waals surface area contributed by atoms with Crippen LogP contribution in [0.4, 0.5) is 0 Å². The van der Waals surface area contributed by atoms with Crippen LogP contribution in [0, 0.1) is 0 Å². The van der Waals surface area contributed by atoms with Gasteiger partial charge in [-0.15, -0.1) is 0 Å². The summed E-state index contributed by atoms with van der Waals surface area (Å²) in [5.74, 6) is -0.265. The first-order valence-corrected chi connectivity index (χ1v) is 29.8. The number of aliphatic hydroxyl groups excluding tert-OH is 8. The van der Waals surface area contributed by atoms with Crippen molar-refractivity contribution in [2.45, 2.75) is 254 Å². The fraction of sp³-hybridized carbons (Fsp3) is 0.672. The van der Waals surface area contributed by atoms with Crippen LogP contribution in [0.1, 0.15) is 181 Å². The molecule has 0 radical (unpaired) electrons. The molecule has 2 heterocycles. The van der Waals surface area contributed by atoms with Gasteiger partial charge in [0.25, 0.3) is 0 Å². The summed E-state index contributed by atoms with van der Waals surface area (Å²) in [4.78, 5) is 13.2. The summed E-state index contributed by atoms with van der Waals surface area (Å²) < 4.78 is 22.7. The molecule has 0 saturated carbocycles. The van der Waals surface area contributed by atoms with Crippen LogP contribution in [-0.4, -0.2) is 140 Å². The van der Waals surface area contributed by atoms with Crippen molar-refractivity contribution in [1.29, 1.82) is 0 Å². The van der Waals surface area contributed by atoms with Crippen molar-refractivity contribution in [3.05, 3.63) is 122 Å². The Balaban J connectivity index is 1.67. The molecule has 9 N–H and O–H groups in total. The highest BCUT2D eigenvalue weighted by atomic mass is 16.7. The molecule has 0 spiro atoms. The molecule has 2 aliphatic rings. The number of aliphatic hydroxyl groups is 8. The number of carbonyl (C=O) groups excluding carboxylic acids is 1. The van der Waals surface area contributed by atoms with Crippen LogP contribution in [0.15, 0.2) is 122 Å². The smallest absolute Gasteiger partial charge is 0.220 e. The molecule has 0 aliphatic carbocycles. The van der Waals surface area contributed by atoms with Crippen LogP contribution in [0.3, 0.4) is 0 Å². The van der Waals surface area contributed by atoms with E-state index < -0.39 is 86.8 Å². The summed E-state index contributed by atoms with van der Waals surface area (Å²) in [7, 11) is 0. The van der Waals surface area contributed by atoms with Crippen LogP contribution in [0.5, 0.6) is 0 Å². The van der Waals surface area contributed by atoms with E-state index in [1.807, 2.05) is 6.08 Å². The maximum atomic E-state index is 13.2. The van der Waals surface area contributed by atoms with E-state index in [9.17, 15) is 45.6 Å². The van der Waals surface area contributed by atoms with Gasteiger partial charge in [-0.2, -0.15) is 0 Å². The van der Waals surface area contributed by atoms with E-state index in [4.69, 9.17) is 18.9 Å². The maximum Gasteiger partial charge on any atom is 0.220 e. The van der Waals surface area contributed by atoms with E-state index in [0.29, 0.717) is 12.8 Å². The van der Waals surface area contributed by atoms with Crippen LogP contribution >= 0.6 is 0 Å². The minimum Gasteiger partial charge on any atom is -0.394 e. The van der Waals surface area contributed by atoms with Crippen molar-refractivity contribution in [3.8, 4) is 0 Å². The lowest BCUT2D eigenvalue weighted by atomic mass is 9.97. The standard InChI is InChI=1S/C64H105NO13/c1-3-5-7-9-11-13-15-16-17-18-19-20-21-22-23-24-25-26-27-28-29-30-31-32-33-34-35-36-38-40-42-44-46-48-56(69)65-52(53(68)47-45-43-41-39-37-14-12-10-8-6-4-2)51-75-63-61(74)59(72)62(55(50-67)77-63)78-64-60(73)58(71)57(70)54(49-66)76-64/h5,7-8,10-11,13,16-17,19-20,22-23,25-26,28-29,37,39,45,47,52-55,57-64,66-68,70-74H,3-4,6,9,12,14-15,18,21,24,27,30-36,38,40-44,46,48-51H2,1-2H3,(H,65,69)/b7-5-,10-8+,13-11-,17-16-,20-19-,23-22-,26-25-,29-28-,39-37+,47-45+. The fourth-order valence-electron chi connectivity index (χ4n) is 8.84. The Kier molecular flexibility index (Phi) is 43.5. The zero-order valence-electron chi connectivity index (χ0n) is 47.6. The molecule has 0 aromatic rings. The Morgan fingerprint density at radius 2 is 0.897 bits per heavy atom. The first-order valence-electron chi connectivity index (χ1n) is 29.8. The first kappa shape index (κ1) is 70.5. The molecule has 12 atom stereocenters. The Morgan fingerprint density at radius 1 is 0.474 bits per heavy atom. The predicted octanol–water partition coefficient (Wildman–Crippen LogP) is 10.2. The summed E-state index contributed by atoms with van der Waals surface area (Å²) in [5.41, 5.74) is 0. The summed E-state index contributed by atoms with van der Waals surface area (Å²) in [6, 6.07) is -0.946. The molecular formula is C64H105NO13. The average molecular weight is 1100 g/mol. The van der Waals surface area contributed by atoms with Crippen LogP contribution in [0.25, 0.3) is 0 Å². The number of allylic oxidation sites excluding steroid dienone is 19. The normalized spacial score (nSPS) is 25.5. The van der Waals surface area contributed by atoms with Crippen molar-refractivity contribution in [3.63, 3.8) is 0 Å². The van der Waals surface area contributed by atoms with Crippen molar-refractivity contribution in [1.82, 2.24) is 5.32 Å². The number of rotatable bonds is 45. The summed E-state index contributed by atoms with van der Waals surface area (Å²) >= 11 is 0. The number of amides is 1. The SMILES string of the molecule is CC/C=C\C/C=C\C/C=C\C/C=C\C/C=C\C/C=C\C/C=C\CCCCCCCCCCCCCC(=O)NC(COC1OC(CO)C(OC2OC(CO)C(O)C(O)C2O)C(O)C1O)C(O)/C=C/CC/C=C/CC/C=C/CCC. The second kappa shape index (κ2) is 48.1. The van der Waals surface area contributed by atoms with Gasteiger partial charge in [0.1, 0.15) is 48.8 Å². The number of ether oxygens (including phenoxy) is 4. The van der Waals surface area contributed by atoms with E-state index in [1.165, 1.54) is 44.9 Å². The van der Waals surface area contributed by atoms with Crippen molar-refractivity contribution in [2.24, 2.45) is 0 Å². The van der Waals surface area contributed by atoms with Crippen molar-refractivity contribution < 1.29 is 64.6 Å². The van der Waals surface area contributed by atoms with Gasteiger partial charge in [-0.05, 0) is 96.3 Å². The highest BCUT2D eigenvalue weighted by molar-refractivity contribution is 5.76. The molecule has 78 heavy (non-hydrogen) atoms. The van der Waals surface area contributed by atoms with Gasteiger partial charge >= 0.3 is 0 Å². The van der Waals surface area contributed by atoms with E-state index >= 15 is 0 Å². The highest BCUT2D eigenvalue weighted by Crippen LogP contribution is 2.30. The first-order chi connectivity index (χ1) is 38.1. The van der Waals surface area contributed by atoms with Gasteiger partial charge in [0.15, 0.2) is 12.6 Å². The second-order valence-electron chi connectivity index (χ2n) is 20.4. The Labute approximate surface area is 469 Å². The van der Waals surface area contributed by atoms with Gasteiger partial charge in [-0.3, -0.25) is 4.79 Å². The van der Waals surface area contributed by atoms with Gasteiger partial charge in [0, 0.05) is 6.42 Å². The maximum absolute atomic E-state index is 13.2. The molecule has 14 nitrogen and oxygen atoms in total. The molecule has 1 amide bonds. The lowest BCUT2D eigenvalue weighted by Crippen LogP contribution is -2.65. The molecule has 0 aromatic heterocycles. The number of nitrogens with one attached hydrogen (secondary N) is 1. The molecule has 2 rings (SSSR count). The number of unbranched alkanes of at least 4 members (excludes halogenated alkanes) is 14. The van der Waals surface area contributed by atoms with Gasteiger partial charge in [0.2, 0.25) is 5.91 Å². The van der Waals surface area contributed by atoms with E-state index in [-0.39, 0.29) is 18.9 Å². The number of hydrogen-bond donors (Lipinski definition) is 9. The molecule has 2 fully saturated rings. The molecule has 12 unspecified atom stereocenters. The van der Waals surface area contributed by atoms with E-state index in [2.05, 4.69) is 129 Å². The molecule has 0 aromatic carbocycles. The Hall–Kier alpha value is -3.61. The molecule has 444 valence electrons. The number of carbonyl (C=O) groups is 1. The fourth-order valence-corrected chi connectivity index (χ4v) is 8.84. The monoisotopic (exact) mass is 1100 g/mol. The topological polar surface area (TPSA) is 228 Å². The molecule has 2 aliphatic heterocycles. The third-order valence-corrected chi connectivity index (χ3v) is 13.6. The largest absolute Gasteiger partial charge is 0.394 e. The third-order valence-electron chi connectivity index (χ3n) is 13.6. The van der Waals surface area contributed by atoms with E-state index in [0.717, 1.165) is 103 Å². The van der Waals surface area contributed by atoms with Crippen molar-refractivity contribution in [2.75, 3.05) is 19.8 Å². The lowest BCUT2D eigenvalue weighted by Gasteiger charge is -2.46. The minimum atomic E-state index is -1.80. The summed E-state index contributed by atoms with van der Waals surface area (Å²) in [6.07, 6.45) is 52.6. The summed E-state index contributed by atoms with van der Waals surface area (Å²) in [6.45, 7) is 2.55. The van der Waals surface area contributed by atoms with Crippen LogP contribution in [0.2, 0.25) is 0 Å². The van der Waals surface area contributed by atoms with Crippen LogP contribution < -0.4 is 5.32 Å². The highest BCUT2D eigenvalue weighted by Gasteiger charge is 2.51. The quantitative estimate of drug-likeness (QED) is 0.0205. The zero-order chi connectivity index (χ0) is 56.7. The second-order valence-corrected chi connectivity index (χ2v) is 20.4. The molecule has 2 saturated heterocycles. The molecular weight excluding hydrogens is 991 g/mol. The minimum absolute atomic E-state index is 0.258. The van der Waals surface area contributed by atoms with Crippen LogP contribution in [-0.2, 0) is 23.7 Å². The van der Waals surface area contributed by atoms with Gasteiger partial charge in [0.05, 0.1) is 32.0 Å². The third kappa shape index (κ3) is 33.2. The zero-order valence-corrected chi connectivity index (χ0v) is 47.6. The van der Waals surface area contributed by atoms with Gasteiger partial charge in [-0.25, -0.2) is 0 Å². The Morgan fingerprint density at radius 3 is 1.40 bits per heavy atom. The number of hydrogen-bond acceptors (Lipinski definition) is 13. The predicted molar refractivity (Wildman–Crippen MR) is 313 cm³/mol. The average Bonchev–Trinajstić information content (AvgIpc) is 3.47. The van der Waals surface area contributed by atoms with Crippen molar-refractivity contribution >= 4 is 5.91 Å². The Bertz CT molecular complexity index is 1770.